The summed E-state index contributed by atoms with van der Waals surface area (Å²) in [5.74, 6) is -1.99. The highest BCUT2D eigenvalue weighted by molar-refractivity contribution is 6.30. The van der Waals surface area contributed by atoms with Gasteiger partial charge < -0.3 is 19.8 Å². The molecule has 9 heteroatoms. The minimum Gasteiger partial charge on any atom is -0.376 e. The molecule has 4 rings (SSSR count). The first kappa shape index (κ1) is 29.6. The summed E-state index contributed by atoms with van der Waals surface area (Å²) in [6.45, 7) is 8.19. The van der Waals surface area contributed by atoms with E-state index in [9.17, 15) is 18.8 Å². The molecular formula is C31H34ClFN2O5. The number of halogens is 2. The zero-order chi connectivity index (χ0) is 29.2. The Morgan fingerprint density at radius 2 is 1.88 bits per heavy atom. The Labute approximate surface area is 238 Å². The summed E-state index contributed by atoms with van der Waals surface area (Å²) in [6.07, 6.45) is 2.37. The average Bonchev–Trinajstić information content (AvgIpc) is 2.85. The molecule has 0 spiro atoms. The number of nitrogens with two attached hydrogens (primary N) is 1. The number of carbonyl (C=O) groups is 2. The van der Waals surface area contributed by atoms with E-state index in [-0.39, 0.29) is 49.1 Å². The van der Waals surface area contributed by atoms with Crippen molar-refractivity contribution in [1.29, 1.82) is 0 Å². The predicted octanol–water partition coefficient (Wildman–Crippen LogP) is 5.43. The van der Waals surface area contributed by atoms with Gasteiger partial charge in [0.15, 0.2) is 5.78 Å². The van der Waals surface area contributed by atoms with E-state index >= 15 is 0 Å². The standard InChI is InChI=1S/C31H34ClFN2O5/c1-18-11-20-6-7-22(32)14-24(20)25-15-29(37)35(16-21(25)17-39-18)27(9-10-40-31(2,3)4)28(36)13-19-5-8-23(30(34)38)26(33)12-19/h5-8,12,14-16,18,27H,9-11,13,17H2,1-4H3,(H2,34,38). The van der Waals surface area contributed by atoms with E-state index in [0.717, 1.165) is 22.8 Å². The van der Waals surface area contributed by atoms with Crippen LogP contribution in [0.2, 0.25) is 5.02 Å². The Morgan fingerprint density at radius 3 is 2.55 bits per heavy atom. The van der Waals surface area contributed by atoms with Crippen LogP contribution in [0.25, 0.3) is 11.1 Å². The molecule has 0 radical (unpaired) electrons. The maximum absolute atomic E-state index is 14.4. The second kappa shape index (κ2) is 12.0. The Hall–Kier alpha value is -3.33. The van der Waals surface area contributed by atoms with Gasteiger partial charge in [0.05, 0.1) is 29.9 Å². The van der Waals surface area contributed by atoms with E-state index < -0.39 is 23.4 Å². The van der Waals surface area contributed by atoms with Crippen LogP contribution in [0.3, 0.4) is 0 Å². The fourth-order valence-corrected chi connectivity index (χ4v) is 5.07. The lowest BCUT2D eigenvalue weighted by Gasteiger charge is -2.26. The Balaban J connectivity index is 1.74. The quantitative estimate of drug-likeness (QED) is 0.391. The summed E-state index contributed by atoms with van der Waals surface area (Å²) in [6, 6.07) is 10.1. The molecule has 212 valence electrons. The molecule has 1 amide bonds. The van der Waals surface area contributed by atoms with Crippen LogP contribution in [-0.2, 0) is 33.7 Å². The number of nitrogens with zero attached hydrogens (tertiary/aromatic N) is 1. The minimum absolute atomic E-state index is 0.0654. The van der Waals surface area contributed by atoms with Crippen LogP contribution in [0.1, 0.15) is 67.2 Å². The summed E-state index contributed by atoms with van der Waals surface area (Å²) in [7, 11) is 0. The van der Waals surface area contributed by atoms with Crippen LogP contribution >= 0.6 is 11.6 Å². The molecule has 1 aliphatic rings. The van der Waals surface area contributed by atoms with Gasteiger partial charge in [0.1, 0.15) is 5.82 Å². The Bertz CT molecular complexity index is 1490. The van der Waals surface area contributed by atoms with E-state index in [1.54, 1.807) is 6.20 Å². The number of benzene rings is 2. The van der Waals surface area contributed by atoms with Crippen molar-refractivity contribution in [3.05, 3.63) is 92.1 Å². The number of carbonyl (C=O) groups excluding carboxylic acids is 2. The highest BCUT2D eigenvalue weighted by Gasteiger charge is 2.26. The fourth-order valence-electron chi connectivity index (χ4n) is 4.90. The number of hydrogen-bond acceptors (Lipinski definition) is 5. The molecule has 2 aromatic carbocycles. The Kier molecular flexibility index (Phi) is 8.93. The minimum atomic E-state index is -0.890. The summed E-state index contributed by atoms with van der Waals surface area (Å²) in [5.41, 5.74) is 7.87. The van der Waals surface area contributed by atoms with Crippen molar-refractivity contribution < 1.29 is 23.5 Å². The predicted molar refractivity (Wildman–Crippen MR) is 152 cm³/mol. The number of aromatic nitrogens is 1. The SMILES string of the molecule is CC1Cc2ccc(Cl)cc2-c2cc(=O)n(C(CCOC(C)(C)C)C(=O)Cc3ccc(C(N)=O)c(F)c3)cc2CO1. The van der Waals surface area contributed by atoms with Crippen LogP contribution in [0, 0.1) is 5.82 Å². The highest BCUT2D eigenvalue weighted by atomic mass is 35.5. The van der Waals surface area contributed by atoms with Gasteiger partial charge in [-0.05, 0) is 87.1 Å². The lowest BCUT2D eigenvalue weighted by atomic mass is 9.92. The van der Waals surface area contributed by atoms with Crippen LogP contribution < -0.4 is 11.3 Å². The molecule has 2 unspecified atom stereocenters. The fraction of sp³-hybridized carbons (Fsp3) is 0.387. The van der Waals surface area contributed by atoms with Crippen LogP contribution in [0.4, 0.5) is 4.39 Å². The number of Topliss-reactive ketones (excluding diaryl/α,β-unsaturated/α-hetero) is 1. The molecule has 0 bridgehead atoms. The van der Waals surface area contributed by atoms with Gasteiger partial charge in [-0.15, -0.1) is 0 Å². The van der Waals surface area contributed by atoms with Gasteiger partial charge in [-0.3, -0.25) is 14.4 Å². The van der Waals surface area contributed by atoms with Crippen molar-refractivity contribution in [2.24, 2.45) is 5.73 Å². The van der Waals surface area contributed by atoms with Crippen LogP contribution in [0.15, 0.2) is 53.5 Å². The average molecular weight is 569 g/mol. The van der Waals surface area contributed by atoms with E-state index in [4.69, 9.17) is 26.8 Å². The molecular weight excluding hydrogens is 535 g/mol. The molecule has 1 aromatic heterocycles. The maximum atomic E-state index is 14.4. The molecule has 2 heterocycles. The van der Waals surface area contributed by atoms with Crippen molar-refractivity contribution in [2.75, 3.05) is 6.61 Å². The number of ketones is 1. The monoisotopic (exact) mass is 568 g/mol. The molecule has 0 saturated heterocycles. The van der Waals surface area contributed by atoms with E-state index in [0.29, 0.717) is 22.6 Å². The molecule has 0 aliphatic carbocycles. The zero-order valence-electron chi connectivity index (χ0n) is 23.1. The number of primary amides is 1. The smallest absolute Gasteiger partial charge is 0.251 e. The van der Waals surface area contributed by atoms with Gasteiger partial charge in [0.25, 0.3) is 11.5 Å². The van der Waals surface area contributed by atoms with Crippen molar-refractivity contribution >= 4 is 23.3 Å². The lowest BCUT2D eigenvalue weighted by molar-refractivity contribution is -0.122. The molecule has 3 aromatic rings. The van der Waals surface area contributed by atoms with Crippen molar-refractivity contribution in [2.45, 2.75) is 71.3 Å². The largest absolute Gasteiger partial charge is 0.376 e. The molecule has 2 atom stereocenters. The lowest BCUT2D eigenvalue weighted by Crippen LogP contribution is -2.33. The van der Waals surface area contributed by atoms with Gasteiger partial charge in [0.2, 0.25) is 0 Å². The number of hydrogen-bond donors (Lipinski definition) is 1. The van der Waals surface area contributed by atoms with Gasteiger partial charge in [-0.2, -0.15) is 0 Å². The molecule has 0 fully saturated rings. The van der Waals surface area contributed by atoms with Crippen LogP contribution in [0.5, 0.6) is 0 Å². The molecule has 7 nitrogen and oxygen atoms in total. The first-order valence-electron chi connectivity index (χ1n) is 13.2. The number of ether oxygens (including phenoxy) is 2. The Morgan fingerprint density at radius 1 is 1.15 bits per heavy atom. The number of fused-ring (bicyclic) bond motifs is 3. The van der Waals surface area contributed by atoms with E-state index in [1.165, 1.54) is 22.8 Å². The summed E-state index contributed by atoms with van der Waals surface area (Å²) in [4.78, 5) is 38.6. The van der Waals surface area contributed by atoms with Gasteiger partial charge >= 0.3 is 0 Å². The van der Waals surface area contributed by atoms with E-state index in [1.807, 2.05) is 45.9 Å². The van der Waals surface area contributed by atoms with Gasteiger partial charge in [0, 0.05) is 35.9 Å². The maximum Gasteiger partial charge on any atom is 0.251 e. The summed E-state index contributed by atoms with van der Waals surface area (Å²) < 4.78 is 27.8. The third-order valence-corrected chi connectivity index (χ3v) is 7.10. The highest BCUT2D eigenvalue weighted by Crippen LogP contribution is 2.33. The normalized spacial score (nSPS) is 15.9. The number of pyridine rings is 1. The third kappa shape index (κ3) is 7.05. The van der Waals surface area contributed by atoms with Crippen molar-refractivity contribution in [3.63, 3.8) is 0 Å². The number of amides is 1. The second-order valence-corrected chi connectivity index (χ2v) is 11.6. The molecule has 2 N–H and O–H groups in total. The zero-order valence-corrected chi connectivity index (χ0v) is 23.9. The summed E-state index contributed by atoms with van der Waals surface area (Å²) >= 11 is 6.32. The third-order valence-electron chi connectivity index (χ3n) is 6.87. The van der Waals surface area contributed by atoms with Crippen molar-refractivity contribution in [1.82, 2.24) is 4.57 Å². The molecule has 40 heavy (non-hydrogen) atoms. The van der Waals surface area contributed by atoms with E-state index in [2.05, 4.69) is 0 Å². The second-order valence-electron chi connectivity index (χ2n) is 11.2. The summed E-state index contributed by atoms with van der Waals surface area (Å²) in [5, 5.41) is 0.560. The number of rotatable bonds is 8. The molecule has 1 aliphatic heterocycles. The van der Waals surface area contributed by atoms with Gasteiger partial charge in [-0.1, -0.05) is 23.7 Å². The topological polar surface area (TPSA) is 101 Å². The first-order chi connectivity index (χ1) is 18.8. The molecule has 0 saturated carbocycles. The first-order valence-corrected chi connectivity index (χ1v) is 13.6. The van der Waals surface area contributed by atoms with Gasteiger partial charge in [-0.25, -0.2) is 4.39 Å². The van der Waals surface area contributed by atoms with Crippen molar-refractivity contribution in [3.8, 4) is 11.1 Å². The van der Waals surface area contributed by atoms with Crippen LogP contribution in [-0.4, -0.2) is 34.6 Å².